The number of aliphatic hydroxyl groups is 1. The van der Waals surface area contributed by atoms with E-state index in [4.69, 9.17) is 0 Å². The number of aliphatic hydroxyl groups excluding tert-OH is 1. The van der Waals surface area contributed by atoms with Crippen molar-refractivity contribution in [2.45, 2.75) is 20.2 Å². The van der Waals surface area contributed by atoms with E-state index in [2.05, 4.69) is 26.1 Å². The number of hydrogen-bond donors (Lipinski definition) is 1. The van der Waals surface area contributed by atoms with Gasteiger partial charge >= 0.3 is 0 Å². The largest absolute Gasteiger partial charge is 0.392 e. The highest BCUT2D eigenvalue weighted by Gasteiger charge is 2.09. The Kier molecular flexibility index (Phi) is 4.87. The zero-order valence-corrected chi connectivity index (χ0v) is 12.9. The molecule has 0 aliphatic rings. The normalized spacial score (nSPS) is 10.8. The van der Waals surface area contributed by atoms with Crippen LogP contribution >= 0.6 is 50.8 Å². The van der Waals surface area contributed by atoms with Crippen molar-refractivity contribution in [1.29, 1.82) is 0 Å². The Hall–Kier alpha value is -0.0800. The van der Waals surface area contributed by atoms with Crippen LogP contribution < -0.4 is 0 Å². The van der Waals surface area contributed by atoms with Crippen molar-refractivity contribution < 1.29 is 5.11 Å². The number of halogens is 1. The van der Waals surface area contributed by atoms with Crippen molar-refractivity contribution in [2.75, 3.05) is 6.26 Å². The van der Waals surface area contributed by atoms with Crippen LogP contribution in [-0.2, 0) is 6.61 Å². The molecule has 3 nitrogen and oxygen atoms in total. The van der Waals surface area contributed by atoms with Crippen LogP contribution in [0.5, 0.6) is 0 Å². The van der Waals surface area contributed by atoms with E-state index in [9.17, 15) is 5.11 Å². The molecule has 1 aromatic carbocycles. The maximum absolute atomic E-state index is 9.27. The lowest BCUT2D eigenvalue weighted by atomic mass is 10.2. The number of rotatable bonds is 4. The highest BCUT2D eigenvalue weighted by Crippen LogP contribution is 2.35. The fraction of sp³-hybridized carbons (Fsp3) is 0.200. The number of nitrogens with zero attached hydrogens (tertiary/aromatic N) is 2. The average molecular weight is 349 g/mol. The van der Waals surface area contributed by atoms with E-state index in [0.29, 0.717) is 0 Å². The Morgan fingerprint density at radius 1 is 1.35 bits per heavy atom. The first-order chi connectivity index (χ1) is 8.22. The summed E-state index contributed by atoms with van der Waals surface area (Å²) in [5, 5.41) is 17.4. The summed E-state index contributed by atoms with van der Waals surface area (Å²) >= 11 is 8.10. The minimum atomic E-state index is 0.0315. The smallest absolute Gasteiger partial charge is 0.179 e. The van der Waals surface area contributed by atoms with Gasteiger partial charge in [-0.15, -0.1) is 10.2 Å². The molecule has 0 aliphatic heterocycles. The molecule has 0 atom stereocenters. The Bertz CT molecular complexity index is 518. The summed E-state index contributed by atoms with van der Waals surface area (Å²) in [6.45, 7) is 0.0315. The van der Waals surface area contributed by atoms with E-state index in [1.807, 2.05) is 24.5 Å². The van der Waals surface area contributed by atoms with Gasteiger partial charge in [-0.2, -0.15) is 0 Å². The predicted octanol–water partition coefficient (Wildman–Crippen LogP) is 3.67. The maximum Gasteiger partial charge on any atom is 0.179 e. The number of aromatic nitrogens is 2. The van der Waals surface area contributed by atoms with Gasteiger partial charge in [0, 0.05) is 9.37 Å². The molecule has 0 spiro atoms. The molecule has 0 radical (unpaired) electrons. The number of benzene rings is 1. The summed E-state index contributed by atoms with van der Waals surface area (Å²) in [5.41, 5.74) is 0.902. The summed E-state index contributed by atoms with van der Waals surface area (Å²) < 4.78 is 2.84. The summed E-state index contributed by atoms with van der Waals surface area (Å²) in [6, 6.07) is 5.81. The van der Waals surface area contributed by atoms with Crippen LogP contribution in [0.4, 0.5) is 0 Å². The van der Waals surface area contributed by atoms with Gasteiger partial charge in [-0.05, 0) is 24.0 Å². The van der Waals surface area contributed by atoms with Crippen LogP contribution in [0.3, 0.4) is 0 Å². The van der Waals surface area contributed by atoms with Gasteiger partial charge in [0.05, 0.1) is 6.61 Å². The second kappa shape index (κ2) is 6.19. The molecule has 2 aromatic rings. The highest BCUT2D eigenvalue weighted by atomic mass is 79.9. The Morgan fingerprint density at radius 3 is 2.76 bits per heavy atom. The Morgan fingerprint density at radius 2 is 2.12 bits per heavy atom. The fourth-order valence-corrected chi connectivity index (χ4v) is 4.24. The van der Waals surface area contributed by atoms with Crippen LogP contribution in [0.2, 0.25) is 0 Å². The molecule has 0 saturated heterocycles. The molecule has 1 aromatic heterocycles. The minimum absolute atomic E-state index is 0.0315. The number of hydrogen-bond acceptors (Lipinski definition) is 6. The molecule has 0 bridgehead atoms. The van der Waals surface area contributed by atoms with Gasteiger partial charge in [0.1, 0.15) is 0 Å². The average Bonchev–Trinajstić information content (AvgIpc) is 2.77. The molecular formula is C10H9BrN2OS3. The quantitative estimate of drug-likeness (QED) is 0.854. The van der Waals surface area contributed by atoms with Gasteiger partial charge in [0.2, 0.25) is 0 Å². The molecular weight excluding hydrogens is 340 g/mol. The van der Waals surface area contributed by atoms with E-state index >= 15 is 0 Å². The van der Waals surface area contributed by atoms with Gasteiger partial charge < -0.3 is 5.11 Å². The lowest BCUT2D eigenvalue weighted by molar-refractivity contribution is 0.279. The standard InChI is InChI=1S/C10H9BrN2OS3/c1-15-9-12-13-10(17-9)16-8-4-7(11)3-2-6(8)5-14/h2-4,14H,5H2,1H3. The van der Waals surface area contributed by atoms with Crippen molar-refractivity contribution in [3.8, 4) is 0 Å². The lowest BCUT2D eigenvalue weighted by Gasteiger charge is -2.04. The third-order valence-corrected chi connectivity index (χ3v) is 5.50. The molecule has 17 heavy (non-hydrogen) atoms. The van der Waals surface area contributed by atoms with E-state index in [-0.39, 0.29) is 6.61 Å². The Balaban J connectivity index is 2.25. The zero-order valence-electron chi connectivity index (χ0n) is 8.88. The first-order valence-corrected chi connectivity index (χ1v) is 8.32. The molecule has 0 amide bonds. The van der Waals surface area contributed by atoms with Crippen molar-refractivity contribution >= 4 is 50.8 Å². The van der Waals surface area contributed by atoms with E-state index in [1.54, 1.807) is 23.1 Å². The third kappa shape index (κ3) is 3.45. The summed E-state index contributed by atoms with van der Waals surface area (Å²) in [4.78, 5) is 1.01. The first-order valence-electron chi connectivity index (χ1n) is 4.67. The van der Waals surface area contributed by atoms with Crippen molar-refractivity contribution in [3.63, 3.8) is 0 Å². The van der Waals surface area contributed by atoms with Crippen LogP contribution in [0.15, 0.2) is 36.2 Å². The maximum atomic E-state index is 9.27. The molecule has 1 N–H and O–H groups in total. The van der Waals surface area contributed by atoms with Crippen LogP contribution in [0.1, 0.15) is 5.56 Å². The second-order valence-corrected chi connectivity index (χ2v) is 7.29. The van der Waals surface area contributed by atoms with Crippen LogP contribution in [0.25, 0.3) is 0 Å². The highest BCUT2D eigenvalue weighted by molar-refractivity contribution is 9.10. The fourth-order valence-electron chi connectivity index (χ4n) is 1.17. The summed E-state index contributed by atoms with van der Waals surface area (Å²) in [7, 11) is 0. The minimum Gasteiger partial charge on any atom is -0.392 e. The lowest BCUT2D eigenvalue weighted by Crippen LogP contribution is -1.87. The third-order valence-electron chi connectivity index (χ3n) is 1.96. The van der Waals surface area contributed by atoms with Gasteiger partial charge in [-0.25, -0.2) is 0 Å². The second-order valence-electron chi connectivity index (χ2n) is 3.05. The van der Waals surface area contributed by atoms with Crippen molar-refractivity contribution in [3.05, 3.63) is 28.2 Å². The van der Waals surface area contributed by atoms with Crippen LogP contribution in [-0.4, -0.2) is 21.6 Å². The van der Waals surface area contributed by atoms with E-state index in [0.717, 1.165) is 23.6 Å². The van der Waals surface area contributed by atoms with Gasteiger partial charge in [-0.1, -0.05) is 56.9 Å². The Labute approximate surface area is 120 Å². The topological polar surface area (TPSA) is 46.0 Å². The molecule has 0 aliphatic carbocycles. The summed E-state index contributed by atoms with van der Waals surface area (Å²) in [5.74, 6) is 0. The molecule has 0 unspecified atom stereocenters. The molecule has 0 saturated carbocycles. The first kappa shape index (κ1) is 13.4. The molecule has 0 fully saturated rings. The summed E-state index contributed by atoms with van der Waals surface area (Å²) in [6.07, 6.45) is 1.98. The van der Waals surface area contributed by atoms with Gasteiger partial charge in [0.25, 0.3) is 0 Å². The number of thioether (sulfide) groups is 1. The van der Waals surface area contributed by atoms with Gasteiger partial charge in [0.15, 0.2) is 8.68 Å². The van der Waals surface area contributed by atoms with Crippen molar-refractivity contribution in [2.24, 2.45) is 0 Å². The molecule has 1 heterocycles. The van der Waals surface area contributed by atoms with E-state index < -0.39 is 0 Å². The molecule has 90 valence electrons. The predicted molar refractivity (Wildman–Crippen MR) is 75.9 cm³/mol. The molecule has 2 rings (SSSR count). The van der Waals surface area contributed by atoms with E-state index in [1.165, 1.54) is 11.8 Å². The zero-order chi connectivity index (χ0) is 12.3. The van der Waals surface area contributed by atoms with Crippen molar-refractivity contribution in [1.82, 2.24) is 10.2 Å². The van der Waals surface area contributed by atoms with Gasteiger partial charge in [-0.3, -0.25) is 0 Å². The molecule has 7 heteroatoms. The van der Waals surface area contributed by atoms with Crippen LogP contribution in [0, 0.1) is 0 Å². The SMILES string of the molecule is CSc1nnc(Sc2cc(Br)ccc2CO)s1. The monoisotopic (exact) mass is 348 g/mol.